The van der Waals surface area contributed by atoms with Gasteiger partial charge in [-0.25, -0.2) is 4.98 Å². The highest BCUT2D eigenvalue weighted by Gasteiger charge is 2.09. The number of hydrogen-bond acceptors (Lipinski definition) is 5. The van der Waals surface area contributed by atoms with Gasteiger partial charge >= 0.3 is 5.97 Å². The molecule has 2 rings (SSSR count). The van der Waals surface area contributed by atoms with Gasteiger partial charge in [-0.05, 0) is 13.8 Å². The molecule has 102 valence electrons. The Balaban J connectivity index is 1.97. The topological polar surface area (TPSA) is 57.0 Å². The second kappa shape index (κ2) is 6.47. The van der Waals surface area contributed by atoms with Crippen LogP contribution >= 0.6 is 11.3 Å². The average molecular weight is 279 g/mol. The summed E-state index contributed by atoms with van der Waals surface area (Å²) in [5.74, 6) is -0.171. The molecular formula is C13H17N3O2S. The molecule has 2 aromatic rings. The van der Waals surface area contributed by atoms with Crippen LogP contribution in [0.15, 0.2) is 17.8 Å². The fourth-order valence-corrected chi connectivity index (χ4v) is 2.49. The largest absolute Gasteiger partial charge is 0.466 e. The molecule has 0 unspecified atom stereocenters. The normalized spacial score (nSPS) is 10.6. The van der Waals surface area contributed by atoms with Crippen LogP contribution in [-0.2, 0) is 22.5 Å². The Labute approximate surface area is 116 Å². The summed E-state index contributed by atoms with van der Waals surface area (Å²) >= 11 is 1.57. The second-order valence-electron chi connectivity index (χ2n) is 4.03. The van der Waals surface area contributed by atoms with Gasteiger partial charge in [0.25, 0.3) is 0 Å². The molecule has 2 heterocycles. The van der Waals surface area contributed by atoms with Gasteiger partial charge in [0.1, 0.15) is 5.01 Å². The van der Waals surface area contributed by atoms with Crippen LogP contribution < -0.4 is 0 Å². The Hall–Kier alpha value is -1.69. The van der Waals surface area contributed by atoms with Crippen LogP contribution in [0.2, 0.25) is 0 Å². The zero-order chi connectivity index (χ0) is 13.7. The lowest BCUT2D eigenvalue weighted by Crippen LogP contribution is -2.05. The first-order chi connectivity index (χ1) is 9.22. The summed E-state index contributed by atoms with van der Waals surface area (Å²) in [6.07, 6.45) is 4.80. The van der Waals surface area contributed by atoms with Gasteiger partial charge in [0.05, 0.1) is 24.9 Å². The van der Waals surface area contributed by atoms with Gasteiger partial charge < -0.3 is 4.74 Å². The number of aromatic nitrogens is 3. The van der Waals surface area contributed by atoms with Gasteiger partial charge in [0.15, 0.2) is 0 Å². The molecule has 0 aliphatic heterocycles. The number of hydrogen-bond donors (Lipinski definition) is 0. The van der Waals surface area contributed by atoms with Crippen LogP contribution in [0.5, 0.6) is 0 Å². The highest BCUT2D eigenvalue weighted by molar-refractivity contribution is 7.13. The van der Waals surface area contributed by atoms with E-state index in [0.29, 0.717) is 19.4 Å². The zero-order valence-electron chi connectivity index (χ0n) is 11.1. The average Bonchev–Trinajstić information content (AvgIpc) is 3.05. The minimum absolute atomic E-state index is 0.171. The number of esters is 1. The number of ether oxygens (including phenoxy) is 1. The van der Waals surface area contributed by atoms with Gasteiger partial charge in [-0.3, -0.25) is 9.48 Å². The Morgan fingerprint density at radius 2 is 2.32 bits per heavy atom. The molecule has 0 saturated carbocycles. The van der Waals surface area contributed by atoms with Crippen molar-refractivity contribution in [2.45, 2.75) is 33.2 Å². The number of thiazole rings is 1. The van der Waals surface area contributed by atoms with E-state index in [-0.39, 0.29) is 5.97 Å². The van der Waals surface area contributed by atoms with E-state index in [1.807, 2.05) is 36.3 Å². The Morgan fingerprint density at radius 3 is 3.00 bits per heavy atom. The third kappa shape index (κ3) is 3.64. The van der Waals surface area contributed by atoms with Crippen LogP contribution in [0, 0.1) is 0 Å². The summed E-state index contributed by atoms with van der Waals surface area (Å²) in [5, 5.41) is 7.16. The number of rotatable bonds is 6. The molecule has 0 radical (unpaired) electrons. The van der Waals surface area contributed by atoms with Crippen molar-refractivity contribution in [3.63, 3.8) is 0 Å². The van der Waals surface area contributed by atoms with E-state index in [4.69, 9.17) is 4.74 Å². The monoisotopic (exact) mass is 279 g/mol. The molecule has 19 heavy (non-hydrogen) atoms. The van der Waals surface area contributed by atoms with Gasteiger partial charge in [-0.2, -0.15) is 5.10 Å². The van der Waals surface area contributed by atoms with Crippen molar-refractivity contribution in [1.82, 2.24) is 14.8 Å². The quantitative estimate of drug-likeness (QED) is 0.762. The standard InChI is InChI=1S/C13H17N3O2S/c1-3-16-8-10(7-14-16)13-15-11(9-19-13)5-6-12(17)18-4-2/h7-9H,3-6H2,1-2H3. The molecular weight excluding hydrogens is 262 g/mol. The maximum atomic E-state index is 11.3. The van der Waals surface area contributed by atoms with E-state index in [1.54, 1.807) is 11.3 Å². The minimum Gasteiger partial charge on any atom is -0.466 e. The molecule has 0 aliphatic rings. The predicted octanol–water partition coefficient (Wildman–Crippen LogP) is 2.52. The van der Waals surface area contributed by atoms with Crippen molar-refractivity contribution in [2.75, 3.05) is 6.61 Å². The van der Waals surface area contributed by atoms with Crippen LogP contribution in [0.25, 0.3) is 10.6 Å². The van der Waals surface area contributed by atoms with Crippen LogP contribution in [0.3, 0.4) is 0 Å². The number of carbonyl (C=O) groups excluding carboxylic acids is 1. The molecule has 0 fully saturated rings. The number of carbonyl (C=O) groups is 1. The van der Waals surface area contributed by atoms with Gasteiger partial charge in [0.2, 0.25) is 0 Å². The van der Waals surface area contributed by atoms with E-state index < -0.39 is 0 Å². The first-order valence-electron chi connectivity index (χ1n) is 6.35. The molecule has 0 saturated heterocycles. The summed E-state index contributed by atoms with van der Waals surface area (Å²) in [6.45, 7) is 5.13. The van der Waals surface area contributed by atoms with Crippen LogP contribution in [0.4, 0.5) is 0 Å². The number of nitrogens with zero attached hydrogens (tertiary/aromatic N) is 3. The third-order valence-corrected chi connectivity index (χ3v) is 3.59. The lowest BCUT2D eigenvalue weighted by Gasteiger charge is -1.99. The molecule has 2 aromatic heterocycles. The van der Waals surface area contributed by atoms with Crippen molar-refractivity contribution in [2.24, 2.45) is 0 Å². The van der Waals surface area contributed by atoms with E-state index >= 15 is 0 Å². The van der Waals surface area contributed by atoms with E-state index in [2.05, 4.69) is 10.1 Å². The minimum atomic E-state index is -0.171. The predicted molar refractivity (Wildman–Crippen MR) is 74.0 cm³/mol. The summed E-state index contributed by atoms with van der Waals surface area (Å²) in [7, 11) is 0. The summed E-state index contributed by atoms with van der Waals surface area (Å²) < 4.78 is 6.77. The summed E-state index contributed by atoms with van der Waals surface area (Å²) in [4.78, 5) is 15.8. The summed E-state index contributed by atoms with van der Waals surface area (Å²) in [5.41, 5.74) is 1.95. The van der Waals surface area contributed by atoms with Crippen molar-refractivity contribution in [1.29, 1.82) is 0 Å². The Bertz CT molecular complexity index is 548. The fourth-order valence-electron chi connectivity index (χ4n) is 1.66. The molecule has 0 amide bonds. The summed E-state index contributed by atoms with van der Waals surface area (Å²) in [6, 6.07) is 0. The lowest BCUT2D eigenvalue weighted by molar-refractivity contribution is -0.143. The van der Waals surface area contributed by atoms with Crippen molar-refractivity contribution < 1.29 is 9.53 Å². The fraction of sp³-hybridized carbons (Fsp3) is 0.462. The maximum Gasteiger partial charge on any atom is 0.306 e. The highest BCUT2D eigenvalue weighted by atomic mass is 32.1. The molecule has 0 aromatic carbocycles. The van der Waals surface area contributed by atoms with Crippen molar-refractivity contribution in [3.8, 4) is 10.6 Å². The molecule has 6 heteroatoms. The smallest absolute Gasteiger partial charge is 0.306 e. The molecule has 0 bridgehead atoms. The molecule has 0 atom stereocenters. The van der Waals surface area contributed by atoms with Gasteiger partial charge in [-0.15, -0.1) is 11.3 Å². The molecule has 0 spiro atoms. The van der Waals surface area contributed by atoms with Crippen LogP contribution in [-0.4, -0.2) is 27.3 Å². The van der Waals surface area contributed by atoms with E-state index in [1.165, 1.54) is 0 Å². The highest BCUT2D eigenvalue weighted by Crippen LogP contribution is 2.23. The van der Waals surface area contributed by atoms with Crippen molar-refractivity contribution >= 4 is 17.3 Å². The van der Waals surface area contributed by atoms with Gasteiger partial charge in [0, 0.05) is 30.1 Å². The van der Waals surface area contributed by atoms with Gasteiger partial charge in [-0.1, -0.05) is 0 Å². The SMILES string of the molecule is CCOC(=O)CCc1csc(-c2cnn(CC)c2)n1. The van der Waals surface area contributed by atoms with Crippen molar-refractivity contribution in [3.05, 3.63) is 23.5 Å². The van der Waals surface area contributed by atoms with Crippen LogP contribution in [0.1, 0.15) is 26.0 Å². The zero-order valence-corrected chi connectivity index (χ0v) is 11.9. The maximum absolute atomic E-state index is 11.3. The van der Waals surface area contributed by atoms with E-state index in [0.717, 1.165) is 22.8 Å². The number of aryl methyl sites for hydroxylation is 2. The Kier molecular flexibility index (Phi) is 4.68. The lowest BCUT2D eigenvalue weighted by atomic mass is 10.2. The molecule has 0 aliphatic carbocycles. The molecule has 0 N–H and O–H groups in total. The Morgan fingerprint density at radius 1 is 1.47 bits per heavy atom. The molecule has 5 nitrogen and oxygen atoms in total. The second-order valence-corrected chi connectivity index (χ2v) is 4.89. The van der Waals surface area contributed by atoms with E-state index in [9.17, 15) is 4.79 Å². The first-order valence-corrected chi connectivity index (χ1v) is 7.23. The first kappa shape index (κ1) is 13.7. The third-order valence-electron chi connectivity index (χ3n) is 2.65.